The lowest BCUT2D eigenvalue weighted by Gasteiger charge is -2.05. The number of esters is 2. The Morgan fingerprint density at radius 3 is 2.61 bits per heavy atom. The molecular formula is C14H19N3O5S. The highest BCUT2D eigenvalue weighted by molar-refractivity contribution is 7.99. The maximum Gasteiger partial charge on any atom is 0.397 e. The van der Waals surface area contributed by atoms with Crippen molar-refractivity contribution in [3.63, 3.8) is 0 Å². The average Bonchev–Trinajstić information content (AvgIpc) is 2.52. The molecule has 1 N–H and O–H groups in total. The van der Waals surface area contributed by atoms with Crippen LogP contribution in [0, 0.1) is 0 Å². The van der Waals surface area contributed by atoms with Crippen molar-refractivity contribution in [2.24, 2.45) is 0 Å². The molecule has 1 aromatic rings. The number of hydrogen-bond donors (Lipinski definition) is 1. The van der Waals surface area contributed by atoms with Crippen LogP contribution in [0.3, 0.4) is 0 Å². The summed E-state index contributed by atoms with van der Waals surface area (Å²) in [7, 11) is 0. The number of ether oxygens (including phenoxy) is 2. The Bertz CT molecular complexity index is 553. The topological polar surface area (TPSA) is 107 Å². The molecule has 0 spiro atoms. The number of amides is 1. The maximum absolute atomic E-state index is 11.5. The van der Waals surface area contributed by atoms with Gasteiger partial charge in [0.15, 0.2) is 0 Å². The lowest BCUT2D eigenvalue weighted by Crippen LogP contribution is -2.25. The Balaban J connectivity index is 2.43. The molecule has 0 bridgehead atoms. The molecule has 1 aromatic heterocycles. The average molecular weight is 341 g/mol. The van der Waals surface area contributed by atoms with E-state index in [4.69, 9.17) is 4.74 Å². The molecule has 0 aromatic carbocycles. The van der Waals surface area contributed by atoms with E-state index < -0.39 is 11.9 Å². The van der Waals surface area contributed by atoms with E-state index in [1.807, 2.05) is 0 Å². The maximum atomic E-state index is 11.5. The first-order valence-corrected chi connectivity index (χ1v) is 8.14. The minimum absolute atomic E-state index is 0.123. The first-order chi connectivity index (χ1) is 11.1. The molecule has 1 heterocycles. The largest absolute Gasteiger partial charge is 0.466 e. The molecular weight excluding hydrogens is 322 g/mol. The van der Waals surface area contributed by atoms with E-state index in [0.29, 0.717) is 30.2 Å². The van der Waals surface area contributed by atoms with Gasteiger partial charge in [0.2, 0.25) is 0 Å². The number of rotatable bonds is 8. The van der Waals surface area contributed by atoms with Gasteiger partial charge in [-0.1, -0.05) is 0 Å². The van der Waals surface area contributed by atoms with Crippen molar-refractivity contribution < 1.29 is 23.9 Å². The Morgan fingerprint density at radius 1 is 1.17 bits per heavy atom. The molecule has 8 nitrogen and oxygen atoms in total. The van der Waals surface area contributed by atoms with Gasteiger partial charge in [-0.25, -0.2) is 14.8 Å². The van der Waals surface area contributed by atoms with E-state index >= 15 is 0 Å². The van der Waals surface area contributed by atoms with Gasteiger partial charge in [-0.2, -0.15) is 0 Å². The summed E-state index contributed by atoms with van der Waals surface area (Å²) in [5, 5.41) is 2.97. The van der Waals surface area contributed by atoms with Crippen LogP contribution < -0.4 is 5.32 Å². The molecule has 0 unspecified atom stereocenters. The smallest absolute Gasteiger partial charge is 0.397 e. The molecule has 9 heteroatoms. The minimum Gasteiger partial charge on any atom is -0.466 e. The van der Waals surface area contributed by atoms with Crippen LogP contribution >= 0.6 is 11.8 Å². The fourth-order valence-corrected chi connectivity index (χ4v) is 2.29. The molecule has 0 aliphatic carbocycles. The standard InChI is InChI=1S/C14H19N3O5S/c1-3-21-12(18)6-5-7-23-11-8-10(15-9-16-11)17-13(19)14(20)22-4-2/h8-9H,3-7H2,1-2H3,(H,15,16,17,19). The molecule has 126 valence electrons. The summed E-state index contributed by atoms with van der Waals surface area (Å²) in [4.78, 5) is 41.9. The van der Waals surface area contributed by atoms with Gasteiger partial charge in [0.25, 0.3) is 0 Å². The van der Waals surface area contributed by atoms with Crippen LogP contribution in [0.5, 0.6) is 0 Å². The first kappa shape index (κ1) is 18.9. The van der Waals surface area contributed by atoms with E-state index in [9.17, 15) is 14.4 Å². The third kappa shape index (κ3) is 7.59. The van der Waals surface area contributed by atoms with E-state index in [0.717, 1.165) is 0 Å². The van der Waals surface area contributed by atoms with E-state index in [1.165, 1.54) is 18.1 Å². The number of carbonyl (C=O) groups is 3. The summed E-state index contributed by atoms with van der Waals surface area (Å²) < 4.78 is 9.42. The zero-order valence-corrected chi connectivity index (χ0v) is 13.9. The Kier molecular flexibility index (Phi) is 8.66. The molecule has 0 aliphatic rings. The van der Waals surface area contributed by atoms with Crippen LogP contribution in [0.25, 0.3) is 0 Å². The number of nitrogens with one attached hydrogen (secondary N) is 1. The number of anilines is 1. The van der Waals surface area contributed by atoms with Crippen LogP contribution in [-0.4, -0.2) is 46.8 Å². The number of thioether (sulfide) groups is 1. The van der Waals surface area contributed by atoms with E-state index in [1.54, 1.807) is 19.9 Å². The second kappa shape index (κ2) is 10.5. The summed E-state index contributed by atoms with van der Waals surface area (Å²) in [5.74, 6) is -1.19. The summed E-state index contributed by atoms with van der Waals surface area (Å²) in [6.45, 7) is 3.87. The van der Waals surface area contributed by atoms with Gasteiger partial charge in [-0.05, 0) is 20.3 Å². The Morgan fingerprint density at radius 2 is 1.91 bits per heavy atom. The van der Waals surface area contributed by atoms with Crippen molar-refractivity contribution in [1.82, 2.24) is 9.97 Å². The lowest BCUT2D eigenvalue weighted by atomic mass is 10.3. The summed E-state index contributed by atoms with van der Waals surface area (Å²) >= 11 is 1.41. The highest BCUT2D eigenvalue weighted by Crippen LogP contribution is 2.18. The minimum atomic E-state index is -0.963. The van der Waals surface area contributed by atoms with Gasteiger partial charge in [0.1, 0.15) is 17.2 Å². The molecule has 1 amide bonds. The summed E-state index contributed by atoms with van der Waals surface area (Å²) in [6, 6.07) is 1.55. The van der Waals surface area contributed by atoms with Gasteiger partial charge in [-0.3, -0.25) is 9.59 Å². The number of hydrogen-bond acceptors (Lipinski definition) is 8. The van der Waals surface area contributed by atoms with Crippen molar-refractivity contribution in [2.45, 2.75) is 31.7 Å². The molecule has 0 aliphatic heterocycles. The fourth-order valence-electron chi connectivity index (χ4n) is 1.48. The Hall–Kier alpha value is -2.16. The number of nitrogens with zero attached hydrogens (tertiary/aromatic N) is 2. The zero-order valence-electron chi connectivity index (χ0n) is 13.0. The van der Waals surface area contributed by atoms with Crippen LogP contribution in [-0.2, 0) is 23.9 Å². The molecule has 1 rings (SSSR count). The van der Waals surface area contributed by atoms with Crippen LogP contribution in [0.15, 0.2) is 17.4 Å². The lowest BCUT2D eigenvalue weighted by molar-refractivity contribution is -0.152. The molecule has 0 atom stereocenters. The Labute approximate surface area is 138 Å². The number of aromatic nitrogens is 2. The first-order valence-electron chi connectivity index (χ1n) is 7.15. The predicted octanol–water partition coefficient (Wildman–Crippen LogP) is 1.41. The quantitative estimate of drug-likeness (QED) is 0.249. The van der Waals surface area contributed by atoms with Crippen LogP contribution in [0.4, 0.5) is 5.82 Å². The highest BCUT2D eigenvalue weighted by Gasteiger charge is 2.15. The molecule has 0 fully saturated rings. The number of carbonyl (C=O) groups excluding carboxylic acids is 3. The zero-order chi connectivity index (χ0) is 17.1. The summed E-state index contributed by atoms with van der Waals surface area (Å²) in [5.41, 5.74) is 0. The second-order valence-corrected chi connectivity index (χ2v) is 5.29. The van der Waals surface area contributed by atoms with E-state index in [-0.39, 0.29) is 18.4 Å². The van der Waals surface area contributed by atoms with Crippen molar-refractivity contribution in [2.75, 3.05) is 24.3 Å². The SMILES string of the molecule is CCOC(=O)CCCSc1cc(NC(=O)C(=O)OCC)ncn1. The van der Waals surface area contributed by atoms with Crippen molar-refractivity contribution in [1.29, 1.82) is 0 Å². The monoisotopic (exact) mass is 341 g/mol. The van der Waals surface area contributed by atoms with Gasteiger partial charge < -0.3 is 14.8 Å². The van der Waals surface area contributed by atoms with Crippen molar-refractivity contribution in [3.8, 4) is 0 Å². The van der Waals surface area contributed by atoms with Gasteiger partial charge in [-0.15, -0.1) is 11.8 Å². The van der Waals surface area contributed by atoms with E-state index in [2.05, 4.69) is 20.0 Å². The van der Waals surface area contributed by atoms with Gasteiger partial charge >= 0.3 is 17.8 Å². The van der Waals surface area contributed by atoms with Crippen LogP contribution in [0.2, 0.25) is 0 Å². The molecule has 0 radical (unpaired) electrons. The molecule has 23 heavy (non-hydrogen) atoms. The second-order valence-electron chi connectivity index (χ2n) is 4.17. The fraction of sp³-hybridized carbons (Fsp3) is 0.500. The normalized spacial score (nSPS) is 10.0. The van der Waals surface area contributed by atoms with Crippen molar-refractivity contribution >= 4 is 35.4 Å². The van der Waals surface area contributed by atoms with Gasteiger partial charge in [0, 0.05) is 18.2 Å². The van der Waals surface area contributed by atoms with Crippen LogP contribution in [0.1, 0.15) is 26.7 Å². The third-order valence-corrected chi connectivity index (χ3v) is 3.44. The molecule has 0 saturated carbocycles. The predicted molar refractivity (Wildman–Crippen MR) is 83.9 cm³/mol. The highest BCUT2D eigenvalue weighted by atomic mass is 32.2. The third-order valence-electron chi connectivity index (χ3n) is 2.42. The van der Waals surface area contributed by atoms with Crippen molar-refractivity contribution in [3.05, 3.63) is 12.4 Å². The molecule has 0 saturated heterocycles. The van der Waals surface area contributed by atoms with Gasteiger partial charge in [0.05, 0.1) is 13.2 Å². The summed E-state index contributed by atoms with van der Waals surface area (Å²) in [6.07, 6.45) is 2.28.